The summed E-state index contributed by atoms with van der Waals surface area (Å²) >= 11 is 1.45. The molecule has 3 rings (SSSR count). The van der Waals surface area contributed by atoms with E-state index in [0.29, 0.717) is 0 Å². The average Bonchev–Trinajstić information content (AvgIpc) is 2.62. The fourth-order valence-corrected chi connectivity index (χ4v) is 3.09. The molecule has 1 aromatic heterocycles. The predicted octanol–water partition coefficient (Wildman–Crippen LogP) is 4.36. The molecule has 122 valence electrons. The number of hydrogen-bond donors (Lipinski definition) is 1. The van der Waals surface area contributed by atoms with Crippen LogP contribution in [0, 0.1) is 0 Å². The maximum Gasteiger partial charge on any atom is 0.237 e. The number of fused-ring (bicyclic) bond motifs is 1. The zero-order valence-electron chi connectivity index (χ0n) is 13.5. The highest BCUT2D eigenvalue weighted by Crippen LogP contribution is 2.25. The Bertz CT molecular complexity index is 849. The number of rotatable bonds is 5. The highest BCUT2D eigenvalue weighted by atomic mass is 32.2. The summed E-state index contributed by atoms with van der Waals surface area (Å²) in [5.41, 5.74) is 1.69. The number of benzene rings is 2. The van der Waals surface area contributed by atoms with E-state index in [9.17, 15) is 4.79 Å². The molecule has 1 heterocycles. The lowest BCUT2D eigenvalue weighted by Crippen LogP contribution is -2.22. The number of aromatic nitrogens is 1. The number of thioether (sulfide) groups is 1. The number of para-hydroxylation sites is 1. The van der Waals surface area contributed by atoms with Crippen LogP contribution in [0.2, 0.25) is 0 Å². The number of ether oxygens (including phenoxy) is 1. The molecule has 1 atom stereocenters. The van der Waals surface area contributed by atoms with Crippen LogP contribution in [0.3, 0.4) is 0 Å². The van der Waals surface area contributed by atoms with Crippen molar-refractivity contribution in [2.75, 3.05) is 12.4 Å². The van der Waals surface area contributed by atoms with Gasteiger partial charge in [0.25, 0.3) is 0 Å². The molecular weight excluding hydrogens is 320 g/mol. The normalized spacial score (nSPS) is 11.9. The summed E-state index contributed by atoms with van der Waals surface area (Å²) in [6, 6.07) is 19.2. The van der Waals surface area contributed by atoms with Crippen molar-refractivity contribution in [1.82, 2.24) is 4.98 Å². The molecule has 0 saturated carbocycles. The van der Waals surface area contributed by atoms with Gasteiger partial charge in [0.2, 0.25) is 5.91 Å². The summed E-state index contributed by atoms with van der Waals surface area (Å²) in [4.78, 5) is 16.9. The standard InChI is InChI=1S/C19H18N2O2S/c1-13(19(22)20-15-8-10-16(23-2)11-9-15)24-18-12-7-14-5-3-4-6-17(14)21-18/h3-13H,1-2H3,(H,20,22). The smallest absolute Gasteiger partial charge is 0.237 e. The number of nitrogens with one attached hydrogen (secondary N) is 1. The van der Waals surface area contributed by atoms with Gasteiger partial charge in [-0.2, -0.15) is 0 Å². The number of carbonyl (C=O) groups excluding carboxylic acids is 1. The number of anilines is 1. The quantitative estimate of drug-likeness (QED) is 0.702. The van der Waals surface area contributed by atoms with Crippen LogP contribution in [-0.4, -0.2) is 23.3 Å². The Morgan fingerprint density at radius 3 is 2.58 bits per heavy atom. The first kappa shape index (κ1) is 16.3. The largest absolute Gasteiger partial charge is 0.497 e. The topological polar surface area (TPSA) is 51.2 Å². The minimum atomic E-state index is -0.249. The lowest BCUT2D eigenvalue weighted by Gasteiger charge is -2.12. The van der Waals surface area contributed by atoms with Crippen molar-refractivity contribution in [2.24, 2.45) is 0 Å². The SMILES string of the molecule is COc1ccc(NC(=O)C(C)Sc2ccc3ccccc3n2)cc1. The fourth-order valence-electron chi connectivity index (χ4n) is 2.27. The van der Waals surface area contributed by atoms with Crippen LogP contribution < -0.4 is 10.1 Å². The van der Waals surface area contributed by atoms with Crippen molar-refractivity contribution in [3.05, 3.63) is 60.7 Å². The van der Waals surface area contributed by atoms with Crippen molar-refractivity contribution < 1.29 is 9.53 Å². The molecule has 0 fully saturated rings. The summed E-state index contributed by atoms with van der Waals surface area (Å²) in [5, 5.41) is 4.59. The van der Waals surface area contributed by atoms with Crippen molar-refractivity contribution in [3.63, 3.8) is 0 Å². The van der Waals surface area contributed by atoms with Crippen molar-refractivity contribution >= 4 is 34.3 Å². The van der Waals surface area contributed by atoms with E-state index in [-0.39, 0.29) is 11.2 Å². The number of pyridine rings is 1. The number of methoxy groups -OCH3 is 1. The third kappa shape index (κ3) is 3.86. The molecular formula is C19H18N2O2S. The Morgan fingerprint density at radius 2 is 1.83 bits per heavy atom. The van der Waals surface area contributed by atoms with Crippen LogP contribution in [0.5, 0.6) is 5.75 Å². The molecule has 1 N–H and O–H groups in total. The lowest BCUT2D eigenvalue weighted by molar-refractivity contribution is -0.115. The van der Waals surface area contributed by atoms with Gasteiger partial charge < -0.3 is 10.1 Å². The molecule has 0 aliphatic rings. The van der Waals surface area contributed by atoms with Gasteiger partial charge in [0.1, 0.15) is 5.75 Å². The maximum atomic E-state index is 12.3. The first-order valence-electron chi connectivity index (χ1n) is 7.63. The third-order valence-corrected chi connectivity index (χ3v) is 4.63. The van der Waals surface area contributed by atoms with Gasteiger partial charge in [-0.05, 0) is 43.3 Å². The first-order valence-corrected chi connectivity index (χ1v) is 8.51. The molecule has 0 aliphatic heterocycles. The molecule has 0 saturated heterocycles. The zero-order chi connectivity index (χ0) is 16.9. The van der Waals surface area contributed by atoms with Crippen LogP contribution in [0.25, 0.3) is 10.9 Å². The fraction of sp³-hybridized carbons (Fsp3) is 0.158. The van der Waals surface area contributed by atoms with Crippen LogP contribution in [0.15, 0.2) is 65.7 Å². The number of carbonyl (C=O) groups is 1. The highest BCUT2D eigenvalue weighted by molar-refractivity contribution is 8.00. The van der Waals surface area contributed by atoms with Crippen LogP contribution in [-0.2, 0) is 4.79 Å². The third-order valence-electron chi connectivity index (χ3n) is 3.60. The van der Waals surface area contributed by atoms with Gasteiger partial charge >= 0.3 is 0 Å². The van der Waals surface area contributed by atoms with Crippen molar-refractivity contribution in [2.45, 2.75) is 17.2 Å². The maximum absolute atomic E-state index is 12.3. The van der Waals surface area contributed by atoms with Crippen LogP contribution in [0.4, 0.5) is 5.69 Å². The molecule has 2 aromatic carbocycles. The van der Waals surface area contributed by atoms with E-state index in [1.165, 1.54) is 11.8 Å². The second kappa shape index (κ2) is 7.36. The molecule has 1 amide bonds. The summed E-state index contributed by atoms with van der Waals surface area (Å²) < 4.78 is 5.11. The molecule has 0 bridgehead atoms. The van der Waals surface area contributed by atoms with Gasteiger partial charge in [0, 0.05) is 11.1 Å². The Balaban J connectivity index is 1.65. The predicted molar refractivity (Wildman–Crippen MR) is 98.7 cm³/mol. The number of hydrogen-bond acceptors (Lipinski definition) is 4. The first-order chi connectivity index (χ1) is 11.7. The van der Waals surface area contributed by atoms with E-state index in [1.54, 1.807) is 7.11 Å². The molecule has 0 aliphatic carbocycles. The summed E-state index contributed by atoms with van der Waals surface area (Å²) in [6.07, 6.45) is 0. The van der Waals surface area contributed by atoms with E-state index in [4.69, 9.17) is 4.74 Å². The Kier molecular flexibility index (Phi) is 5.01. The van der Waals surface area contributed by atoms with Gasteiger partial charge in [0.15, 0.2) is 0 Å². The van der Waals surface area contributed by atoms with E-state index in [0.717, 1.165) is 27.4 Å². The Labute approximate surface area is 145 Å². The highest BCUT2D eigenvalue weighted by Gasteiger charge is 2.15. The van der Waals surface area contributed by atoms with Gasteiger partial charge in [-0.3, -0.25) is 4.79 Å². The van der Waals surface area contributed by atoms with Gasteiger partial charge in [-0.15, -0.1) is 0 Å². The molecule has 3 aromatic rings. The molecule has 1 unspecified atom stereocenters. The molecule has 24 heavy (non-hydrogen) atoms. The molecule has 0 radical (unpaired) electrons. The van der Waals surface area contributed by atoms with Crippen molar-refractivity contribution in [3.8, 4) is 5.75 Å². The van der Waals surface area contributed by atoms with Gasteiger partial charge in [-0.1, -0.05) is 36.0 Å². The number of nitrogens with zero attached hydrogens (tertiary/aromatic N) is 1. The van der Waals surface area contributed by atoms with E-state index < -0.39 is 0 Å². The molecule has 0 spiro atoms. The van der Waals surface area contributed by atoms with E-state index >= 15 is 0 Å². The Hall–Kier alpha value is -2.53. The summed E-state index contributed by atoms with van der Waals surface area (Å²) in [6.45, 7) is 1.88. The summed E-state index contributed by atoms with van der Waals surface area (Å²) in [7, 11) is 1.61. The van der Waals surface area contributed by atoms with Crippen LogP contribution >= 0.6 is 11.8 Å². The van der Waals surface area contributed by atoms with Crippen molar-refractivity contribution in [1.29, 1.82) is 0 Å². The summed E-state index contributed by atoms with van der Waals surface area (Å²) in [5.74, 6) is 0.705. The molecule has 4 nitrogen and oxygen atoms in total. The minimum absolute atomic E-state index is 0.0554. The number of amides is 1. The minimum Gasteiger partial charge on any atom is -0.497 e. The second-order valence-electron chi connectivity index (χ2n) is 5.32. The van der Waals surface area contributed by atoms with E-state index in [1.807, 2.05) is 67.6 Å². The zero-order valence-corrected chi connectivity index (χ0v) is 14.3. The van der Waals surface area contributed by atoms with E-state index in [2.05, 4.69) is 10.3 Å². The van der Waals surface area contributed by atoms with Gasteiger partial charge in [-0.25, -0.2) is 4.98 Å². The van der Waals surface area contributed by atoms with Gasteiger partial charge in [0.05, 0.1) is 22.9 Å². The lowest BCUT2D eigenvalue weighted by atomic mass is 10.2. The molecule has 5 heteroatoms. The monoisotopic (exact) mass is 338 g/mol. The Morgan fingerprint density at radius 1 is 1.08 bits per heavy atom. The van der Waals surface area contributed by atoms with Crippen LogP contribution in [0.1, 0.15) is 6.92 Å². The second-order valence-corrected chi connectivity index (χ2v) is 6.68. The average molecular weight is 338 g/mol.